The molecular weight excluding hydrogens is 480 g/mol. The number of carbonyl (C=O) groups is 3. The highest BCUT2D eigenvalue weighted by Gasteiger charge is 2.14. The molecule has 0 fully saturated rings. The summed E-state index contributed by atoms with van der Waals surface area (Å²) in [5, 5.41) is 9.06. The first kappa shape index (κ1) is 29.1. The maximum atomic E-state index is 12.4. The van der Waals surface area contributed by atoms with Crippen molar-refractivity contribution in [2.75, 3.05) is 38.8 Å². The summed E-state index contributed by atoms with van der Waals surface area (Å²) in [6, 6.07) is 12.0. The number of methoxy groups -OCH3 is 1. The third-order valence-electron chi connectivity index (χ3n) is 4.66. The number of ether oxygens (including phenoxy) is 4. The number of hydrazone groups is 1. The summed E-state index contributed by atoms with van der Waals surface area (Å²) in [4.78, 5) is 36.3. The van der Waals surface area contributed by atoms with E-state index in [1.54, 1.807) is 42.5 Å². The van der Waals surface area contributed by atoms with Crippen LogP contribution in [0.15, 0.2) is 47.6 Å². The molecule has 0 aliphatic rings. The van der Waals surface area contributed by atoms with Crippen LogP contribution in [0, 0.1) is 0 Å². The van der Waals surface area contributed by atoms with Crippen LogP contribution in [0.3, 0.4) is 0 Å². The molecular formula is C26H34N4O7. The minimum atomic E-state index is -0.916. The summed E-state index contributed by atoms with van der Waals surface area (Å²) < 4.78 is 21.8. The van der Waals surface area contributed by atoms with Crippen molar-refractivity contribution in [3.05, 3.63) is 48.0 Å². The minimum Gasteiger partial charge on any atom is -0.494 e. The second kappa shape index (κ2) is 15.8. The number of benzene rings is 2. The lowest BCUT2D eigenvalue weighted by molar-refractivity contribution is -0.139. The van der Waals surface area contributed by atoms with Crippen LogP contribution in [0.4, 0.5) is 5.69 Å². The minimum absolute atomic E-state index is 0.103. The summed E-state index contributed by atoms with van der Waals surface area (Å²) in [6.45, 7) is 6.76. The van der Waals surface area contributed by atoms with E-state index in [0.29, 0.717) is 48.9 Å². The van der Waals surface area contributed by atoms with Crippen molar-refractivity contribution in [3.8, 4) is 17.2 Å². The van der Waals surface area contributed by atoms with E-state index >= 15 is 0 Å². The van der Waals surface area contributed by atoms with Crippen molar-refractivity contribution in [2.45, 2.75) is 33.3 Å². The lowest BCUT2D eigenvalue weighted by Gasteiger charge is -2.13. The quantitative estimate of drug-likeness (QED) is 0.152. The fourth-order valence-electron chi connectivity index (χ4n) is 2.97. The number of rotatable bonds is 14. The van der Waals surface area contributed by atoms with Crippen molar-refractivity contribution in [1.82, 2.24) is 10.7 Å². The Hall–Kier alpha value is -4.12. The van der Waals surface area contributed by atoms with Gasteiger partial charge in [0.05, 0.1) is 26.0 Å². The molecule has 0 saturated heterocycles. The number of nitrogens with zero attached hydrogens (tertiary/aromatic N) is 1. The first-order valence-electron chi connectivity index (χ1n) is 11.9. The summed E-state index contributed by atoms with van der Waals surface area (Å²) in [5.74, 6) is -0.793. The Morgan fingerprint density at radius 3 is 2.46 bits per heavy atom. The zero-order valence-electron chi connectivity index (χ0n) is 21.5. The predicted octanol–water partition coefficient (Wildman–Crippen LogP) is 2.49. The summed E-state index contributed by atoms with van der Waals surface area (Å²) in [6.07, 6.45) is 1.98. The predicted molar refractivity (Wildman–Crippen MR) is 139 cm³/mol. The summed E-state index contributed by atoms with van der Waals surface area (Å²) in [7, 11) is 1.46. The van der Waals surface area contributed by atoms with Gasteiger partial charge < -0.3 is 29.6 Å². The van der Waals surface area contributed by atoms with Crippen molar-refractivity contribution in [1.29, 1.82) is 0 Å². The van der Waals surface area contributed by atoms with Gasteiger partial charge in [-0.2, -0.15) is 5.10 Å². The number of carbonyl (C=O) groups excluding carboxylic acids is 3. The van der Waals surface area contributed by atoms with Gasteiger partial charge in [-0.05, 0) is 63.6 Å². The van der Waals surface area contributed by atoms with Crippen LogP contribution >= 0.6 is 0 Å². The van der Waals surface area contributed by atoms with E-state index in [9.17, 15) is 14.4 Å². The monoisotopic (exact) mass is 514 g/mol. The van der Waals surface area contributed by atoms with E-state index < -0.39 is 11.8 Å². The highest BCUT2D eigenvalue weighted by molar-refractivity contribution is 6.35. The molecule has 11 heteroatoms. The number of nitrogens with one attached hydrogen (secondary N) is 3. The zero-order chi connectivity index (χ0) is 27.0. The molecule has 11 nitrogen and oxygen atoms in total. The second-order valence-corrected chi connectivity index (χ2v) is 7.90. The maximum Gasteiger partial charge on any atom is 0.329 e. The van der Waals surface area contributed by atoms with Gasteiger partial charge >= 0.3 is 11.8 Å². The Kier molecular flexibility index (Phi) is 12.4. The number of anilines is 1. The second-order valence-electron chi connectivity index (χ2n) is 7.90. The first-order chi connectivity index (χ1) is 17.8. The van der Waals surface area contributed by atoms with E-state index in [1.807, 2.05) is 20.8 Å². The van der Waals surface area contributed by atoms with Crippen LogP contribution in [-0.2, 0) is 19.1 Å². The van der Waals surface area contributed by atoms with Crippen LogP contribution in [0.25, 0.3) is 0 Å². The number of para-hydroxylation sites is 1. The Morgan fingerprint density at radius 2 is 1.78 bits per heavy atom. The molecule has 200 valence electrons. The molecule has 2 aromatic carbocycles. The maximum absolute atomic E-state index is 12.4. The largest absolute Gasteiger partial charge is 0.494 e. The van der Waals surface area contributed by atoms with Gasteiger partial charge in [-0.15, -0.1) is 0 Å². The van der Waals surface area contributed by atoms with E-state index in [4.69, 9.17) is 18.9 Å². The number of hydrogen-bond acceptors (Lipinski definition) is 8. The van der Waals surface area contributed by atoms with Crippen LogP contribution in [-0.4, -0.2) is 63.5 Å². The van der Waals surface area contributed by atoms with Crippen LogP contribution in [0.2, 0.25) is 0 Å². The molecule has 2 rings (SSSR count). The lowest BCUT2D eigenvalue weighted by atomic mass is 10.2. The molecule has 0 atom stereocenters. The molecule has 0 radical (unpaired) electrons. The van der Waals surface area contributed by atoms with Gasteiger partial charge in [0.2, 0.25) is 0 Å². The molecule has 0 aromatic heterocycles. The summed E-state index contributed by atoms with van der Waals surface area (Å²) in [5.41, 5.74) is 3.19. The van der Waals surface area contributed by atoms with Crippen molar-refractivity contribution < 1.29 is 33.3 Å². The van der Waals surface area contributed by atoms with Gasteiger partial charge in [-0.25, -0.2) is 5.43 Å². The topological polar surface area (TPSA) is 137 Å². The molecule has 0 aliphatic carbocycles. The molecule has 0 unspecified atom stereocenters. The zero-order valence-corrected chi connectivity index (χ0v) is 21.5. The average Bonchev–Trinajstić information content (AvgIpc) is 2.88. The van der Waals surface area contributed by atoms with Crippen molar-refractivity contribution in [3.63, 3.8) is 0 Å². The molecule has 0 aliphatic heterocycles. The Labute approximate surface area is 216 Å². The van der Waals surface area contributed by atoms with Crippen LogP contribution in [0.1, 0.15) is 32.8 Å². The fourth-order valence-corrected chi connectivity index (χ4v) is 2.97. The standard InChI is InChI=1S/C26H34N4O7/c1-5-35-21-12-10-20(11-13-21)29-23(31)17-37-24-19(8-6-9-22(24)34-4)16-28-30-26(33)25(32)27-14-7-15-36-18(2)3/h6,8-13,16,18H,5,7,14-15,17H2,1-4H3,(H,27,32)(H,29,31)(H,30,33)/b28-16-. The van der Waals surface area contributed by atoms with Crippen LogP contribution in [0.5, 0.6) is 17.2 Å². The average molecular weight is 515 g/mol. The van der Waals surface area contributed by atoms with Gasteiger partial charge in [0.15, 0.2) is 18.1 Å². The Balaban J connectivity index is 1.91. The third-order valence-corrected chi connectivity index (χ3v) is 4.66. The van der Waals surface area contributed by atoms with Gasteiger partial charge in [0.1, 0.15) is 5.75 Å². The molecule has 2 aromatic rings. The number of hydrogen-bond donors (Lipinski definition) is 3. The van der Waals surface area contributed by atoms with E-state index in [0.717, 1.165) is 0 Å². The number of amides is 3. The van der Waals surface area contributed by atoms with Gasteiger partial charge in [0.25, 0.3) is 5.91 Å². The van der Waals surface area contributed by atoms with E-state index in [1.165, 1.54) is 13.3 Å². The molecule has 0 saturated carbocycles. The molecule has 3 N–H and O–H groups in total. The Morgan fingerprint density at radius 1 is 1.03 bits per heavy atom. The Bertz CT molecular complexity index is 1060. The molecule has 37 heavy (non-hydrogen) atoms. The van der Waals surface area contributed by atoms with Gasteiger partial charge in [0, 0.05) is 24.4 Å². The molecule has 0 bridgehead atoms. The van der Waals surface area contributed by atoms with E-state index in [-0.39, 0.29) is 24.4 Å². The molecule has 3 amide bonds. The van der Waals surface area contributed by atoms with Crippen LogP contribution < -0.4 is 30.3 Å². The lowest BCUT2D eigenvalue weighted by Crippen LogP contribution is -2.38. The first-order valence-corrected chi connectivity index (χ1v) is 11.9. The normalized spacial score (nSPS) is 10.7. The SMILES string of the molecule is CCOc1ccc(NC(=O)COc2c(/C=N\NC(=O)C(=O)NCCCOC(C)C)cccc2OC)cc1. The van der Waals surface area contributed by atoms with Gasteiger partial charge in [-0.1, -0.05) is 6.07 Å². The molecule has 0 heterocycles. The smallest absolute Gasteiger partial charge is 0.329 e. The van der Waals surface area contributed by atoms with Crippen molar-refractivity contribution in [2.24, 2.45) is 5.10 Å². The highest BCUT2D eigenvalue weighted by Crippen LogP contribution is 2.30. The fraction of sp³-hybridized carbons (Fsp3) is 0.385. The molecule has 0 spiro atoms. The van der Waals surface area contributed by atoms with E-state index in [2.05, 4.69) is 21.2 Å². The third kappa shape index (κ3) is 10.6. The highest BCUT2D eigenvalue weighted by atomic mass is 16.5. The van der Waals surface area contributed by atoms with Gasteiger partial charge in [-0.3, -0.25) is 14.4 Å². The van der Waals surface area contributed by atoms with Crippen molar-refractivity contribution >= 4 is 29.6 Å². The summed E-state index contributed by atoms with van der Waals surface area (Å²) >= 11 is 0.